The summed E-state index contributed by atoms with van der Waals surface area (Å²) in [5.74, 6) is 1.04. The summed E-state index contributed by atoms with van der Waals surface area (Å²) >= 11 is 3.20. The molecule has 154 valence electrons. The number of halogens is 2. The van der Waals surface area contributed by atoms with Crippen LogP contribution in [0.5, 0.6) is 17.2 Å². The molecule has 2 heterocycles. The first kappa shape index (κ1) is 20.0. The molecule has 0 N–H and O–H groups in total. The van der Waals surface area contributed by atoms with Gasteiger partial charge in [0.25, 0.3) is 5.91 Å². The van der Waals surface area contributed by atoms with Crippen LogP contribution in [0.1, 0.15) is 5.56 Å². The molecule has 2 aromatic rings. The molecule has 0 unspecified atom stereocenters. The van der Waals surface area contributed by atoms with Gasteiger partial charge in [-0.1, -0.05) is 22.0 Å². The molecule has 8 heteroatoms. The molecule has 0 aromatic heterocycles. The first-order valence-corrected chi connectivity index (χ1v) is 10.3. The van der Waals surface area contributed by atoms with E-state index >= 15 is 0 Å². The molecule has 29 heavy (non-hydrogen) atoms. The Labute approximate surface area is 177 Å². The molecular formula is C21H22BrFN2O4. The highest BCUT2D eigenvalue weighted by Crippen LogP contribution is 2.31. The summed E-state index contributed by atoms with van der Waals surface area (Å²) in [6.07, 6.45) is 0. The number of nitrogens with zero attached hydrogens (tertiary/aromatic N) is 2. The van der Waals surface area contributed by atoms with Gasteiger partial charge < -0.3 is 19.1 Å². The summed E-state index contributed by atoms with van der Waals surface area (Å²) < 4.78 is 31.0. The predicted molar refractivity (Wildman–Crippen MR) is 109 cm³/mol. The van der Waals surface area contributed by atoms with Crippen LogP contribution >= 0.6 is 15.9 Å². The van der Waals surface area contributed by atoms with E-state index in [-0.39, 0.29) is 18.3 Å². The Morgan fingerprint density at radius 1 is 1.03 bits per heavy atom. The third kappa shape index (κ3) is 5.00. The van der Waals surface area contributed by atoms with Crippen LogP contribution in [0.25, 0.3) is 0 Å². The van der Waals surface area contributed by atoms with Crippen molar-refractivity contribution in [3.63, 3.8) is 0 Å². The number of fused-ring (bicyclic) bond motifs is 1. The fourth-order valence-electron chi connectivity index (χ4n) is 3.42. The molecule has 2 aliphatic heterocycles. The maximum absolute atomic E-state index is 13.8. The minimum atomic E-state index is -0.489. The molecule has 0 aliphatic carbocycles. The summed E-state index contributed by atoms with van der Waals surface area (Å²) in [6, 6.07) is 10.5. The van der Waals surface area contributed by atoms with Crippen molar-refractivity contribution in [3.05, 3.63) is 52.3 Å². The second kappa shape index (κ2) is 9.00. The molecule has 2 aliphatic rings. The number of amides is 1. The van der Waals surface area contributed by atoms with Crippen LogP contribution in [-0.4, -0.2) is 61.7 Å². The molecule has 1 amide bonds. The zero-order chi connectivity index (χ0) is 20.2. The number of carbonyl (C=O) groups is 1. The molecule has 4 rings (SSSR count). The zero-order valence-electron chi connectivity index (χ0n) is 15.9. The van der Waals surface area contributed by atoms with Gasteiger partial charge in [0.2, 0.25) is 0 Å². The lowest BCUT2D eigenvalue weighted by Crippen LogP contribution is -2.49. The van der Waals surface area contributed by atoms with E-state index in [1.165, 1.54) is 12.1 Å². The van der Waals surface area contributed by atoms with Crippen LogP contribution in [0.3, 0.4) is 0 Å². The van der Waals surface area contributed by atoms with Gasteiger partial charge in [-0.25, -0.2) is 4.39 Å². The molecule has 0 atom stereocenters. The van der Waals surface area contributed by atoms with E-state index in [1.807, 2.05) is 18.2 Å². The normalized spacial score (nSPS) is 16.6. The third-order valence-corrected chi connectivity index (χ3v) is 5.48. The fraction of sp³-hybridized carbons (Fsp3) is 0.381. The van der Waals surface area contributed by atoms with Gasteiger partial charge in [-0.3, -0.25) is 9.69 Å². The van der Waals surface area contributed by atoms with E-state index in [0.29, 0.717) is 30.8 Å². The van der Waals surface area contributed by atoms with Crippen molar-refractivity contribution in [1.82, 2.24) is 9.80 Å². The van der Waals surface area contributed by atoms with E-state index < -0.39 is 5.82 Å². The topological polar surface area (TPSA) is 51.2 Å². The molecule has 1 saturated heterocycles. The number of rotatable bonds is 5. The minimum Gasteiger partial charge on any atom is -0.486 e. The molecular weight excluding hydrogens is 443 g/mol. The second-order valence-electron chi connectivity index (χ2n) is 7.00. The Bertz CT molecular complexity index is 887. The largest absolute Gasteiger partial charge is 0.486 e. The van der Waals surface area contributed by atoms with Crippen LogP contribution in [0.4, 0.5) is 4.39 Å². The molecule has 1 fully saturated rings. The zero-order valence-corrected chi connectivity index (χ0v) is 17.5. The van der Waals surface area contributed by atoms with E-state index in [1.54, 1.807) is 11.0 Å². The Hall–Kier alpha value is -2.32. The molecule has 6 nitrogen and oxygen atoms in total. The van der Waals surface area contributed by atoms with E-state index in [9.17, 15) is 9.18 Å². The third-order valence-electron chi connectivity index (χ3n) is 4.98. The molecule has 0 radical (unpaired) electrons. The number of benzene rings is 2. The van der Waals surface area contributed by atoms with Gasteiger partial charge in [-0.15, -0.1) is 0 Å². The molecule has 0 bridgehead atoms. The molecule has 2 aromatic carbocycles. The van der Waals surface area contributed by atoms with Crippen molar-refractivity contribution < 1.29 is 23.4 Å². The molecule has 0 saturated carbocycles. The van der Waals surface area contributed by atoms with E-state index in [4.69, 9.17) is 14.2 Å². The molecule has 0 spiro atoms. The van der Waals surface area contributed by atoms with Gasteiger partial charge in [0.15, 0.2) is 29.7 Å². The van der Waals surface area contributed by atoms with Crippen molar-refractivity contribution in [1.29, 1.82) is 0 Å². The van der Waals surface area contributed by atoms with Crippen LogP contribution in [0.15, 0.2) is 40.9 Å². The number of ether oxygens (including phenoxy) is 3. The van der Waals surface area contributed by atoms with Crippen molar-refractivity contribution >= 4 is 21.8 Å². The Morgan fingerprint density at radius 3 is 2.55 bits per heavy atom. The highest BCUT2D eigenvalue weighted by molar-refractivity contribution is 9.10. The number of hydrogen-bond acceptors (Lipinski definition) is 5. The summed E-state index contributed by atoms with van der Waals surface area (Å²) in [5.41, 5.74) is 1.16. The quantitative estimate of drug-likeness (QED) is 0.680. The van der Waals surface area contributed by atoms with E-state index in [0.717, 1.165) is 36.7 Å². The van der Waals surface area contributed by atoms with Gasteiger partial charge in [0.1, 0.15) is 13.2 Å². The van der Waals surface area contributed by atoms with Gasteiger partial charge in [0.05, 0.1) is 0 Å². The Balaban J connectivity index is 1.25. The van der Waals surface area contributed by atoms with Crippen LogP contribution < -0.4 is 14.2 Å². The lowest BCUT2D eigenvalue weighted by atomic mass is 10.1. The Morgan fingerprint density at radius 2 is 1.79 bits per heavy atom. The first-order chi connectivity index (χ1) is 14.1. The fourth-order valence-corrected chi connectivity index (χ4v) is 3.76. The number of piperazine rings is 1. The highest BCUT2D eigenvalue weighted by atomic mass is 79.9. The van der Waals surface area contributed by atoms with Gasteiger partial charge in [0, 0.05) is 37.2 Å². The summed E-state index contributed by atoms with van der Waals surface area (Å²) in [7, 11) is 0. The maximum atomic E-state index is 13.8. The maximum Gasteiger partial charge on any atom is 0.260 e. The highest BCUT2D eigenvalue weighted by Gasteiger charge is 2.22. The number of carbonyl (C=O) groups excluding carboxylic acids is 1. The number of hydrogen-bond donors (Lipinski definition) is 0. The lowest BCUT2D eigenvalue weighted by Gasteiger charge is -2.34. The van der Waals surface area contributed by atoms with Crippen LogP contribution in [0, 0.1) is 5.82 Å². The average molecular weight is 465 g/mol. The van der Waals surface area contributed by atoms with Crippen molar-refractivity contribution in [2.45, 2.75) is 6.54 Å². The lowest BCUT2D eigenvalue weighted by molar-refractivity contribution is -0.135. The second-order valence-corrected chi connectivity index (χ2v) is 7.91. The monoisotopic (exact) mass is 464 g/mol. The van der Waals surface area contributed by atoms with E-state index in [2.05, 4.69) is 20.8 Å². The van der Waals surface area contributed by atoms with Gasteiger partial charge in [-0.2, -0.15) is 0 Å². The van der Waals surface area contributed by atoms with Crippen LogP contribution in [-0.2, 0) is 11.3 Å². The van der Waals surface area contributed by atoms with Gasteiger partial charge >= 0.3 is 0 Å². The van der Waals surface area contributed by atoms with Crippen molar-refractivity contribution in [2.75, 3.05) is 46.0 Å². The average Bonchev–Trinajstić information content (AvgIpc) is 2.73. The SMILES string of the molecule is O=C(COc1ccc(Br)cc1F)N1CCN(Cc2ccc3c(c2)OCCO3)CC1. The standard InChI is InChI=1S/C21H22BrFN2O4/c22-16-2-4-18(17(23)12-16)29-14-21(26)25-7-5-24(6-8-25)13-15-1-3-19-20(11-15)28-10-9-27-19/h1-4,11-12H,5-10,13-14H2. The van der Waals surface area contributed by atoms with Gasteiger partial charge in [-0.05, 0) is 35.9 Å². The Kier molecular flexibility index (Phi) is 6.20. The smallest absolute Gasteiger partial charge is 0.260 e. The summed E-state index contributed by atoms with van der Waals surface area (Å²) in [6.45, 7) is 4.56. The summed E-state index contributed by atoms with van der Waals surface area (Å²) in [5, 5.41) is 0. The first-order valence-electron chi connectivity index (χ1n) is 9.55. The predicted octanol–water partition coefficient (Wildman–Crippen LogP) is 3.08. The van der Waals surface area contributed by atoms with Crippen molar-refractivity contribution in [2.24, 2.45) is 0 Å². The van der Waals surface area contributed by atoms with Crippen molar-refractivity contribution in [3.8, 4) is 17.2 Å². The van der Waals surface area contributed by atoms with Crippen LogP contribution in [0.2, 0.25) is 0 Å². The summed E-state index contributed by atoms with van der Waals surface area (Å²) in [4.78, 5) is 16.5. The minimum absolute atomic E-state index is 0.0822.